The van der Waals surface area contributed by atoms with Gasteiger partial charge in [0.15, 0.2) is 0 Å². The zero-order chi connectivity index (χ0) is 15.0. The van der Waals surface area contributed by atoms with Gasteiger partial charge in [-0.05, 0) is 0 Å². The summed E-state index contributed by atoms with van der Waals surface area (Å²) in [6.07, 6.45) is 3.75. The summed E-state index contributed by atoms with van der Waals surface area (Å²) >= 11 is 0.835. The monoisotopic (exact) mass is 420 g/mol. The van der Waals surface area contributed by atoms with Crippen LogP contribution in [0, 0.1) is 0 Å². The predicted octanol–water partition coefficient (Wildman–Crippen LogP) is 1.54. The van der Waals surface area contributed by atoms with Crippen LogP contribution in [-0.4, -0.2) is 39.9 Å². The van der Waals surface area contributed by atoms with Crippen LogP contribution in [0.5, 0.6) is 0 Å². The van der Waals surface area contributed by atoms with E-state index in [1.807, 2.05) is 24.5 Å². The van der Waals surface area contributed by atoms with Gasteiger partial charge in [-0.25, -0.2) is 0 Å². The van der Waals surface area contributed by atoms with Gasteiger partial charge < -0.3 is 0 Å². The zero-order valence-electron chi connectivity index (χ0n) is 12.1. The third kappa shape index (κ3) is 4.79. The number of hydrogen-bond donors (Lipinski definition) is 0. The van der Waals surface area contributed by atoms with Crippen LogP contribution < -0.4 is 9.18 Å². The number of pyridine rings is 2. The SMILES string of the molecule is c1ccc([Se]Cc2ccc(C[Se]c3ccccn3)cc2)nc1. The number of aromatic nitrogens is 2. The van der Waals surface area contributed by atoms with E-state index < -0.39 is 0 Å². The Kier molecular flexibility index (Phi) is 5.80. The van der Waals surface area contributed by atoms with Gasteiger partial charge in [0, 0.05) is 0 Å². The van der Waals surface area contributed by atoms with E-state index in [0.29, 0.717) is 29.9 Å². The number of benzene rings is 1. The molecule has 3 rings (SSSR count). The van der Waals surface area contributed by atoms with Crippen molar-refractivity contribution in [3.63, 3.8) is 0 Å². The van der Waals surface area contributed by atoms with Crippen molar-refractivity contribution in [1.82, 2.24) is 9.97 Å². The van der Waals surface area contributed by atoms with Crippen LogP contribution in [0.1, 0.15) is 11.1 Å². The molecule has 0 atom stereocenters. The molecule has 0 saturated heterocycles. The third-order valence-electron chi connectivity index (χ3n) is 3.07. The van der Waals surface area contributed by atoms with Crippen LogP contribution in [0.3, 0.4) is 0 Å². The van der Waals surface area contributed by atoms with Crippen molar-refractivity contribution in [2.45, 2.75) is 10.6 Å². The molecule has 0 fully saturated rings. The topological polar surface area (TPSA) is 25.8 Å². The van der Waals surface area contributed by atoms with Gasteiger partial charge in [-0.2, -0.15) is 0 Å². The summed E-state index contributed by atoms with van der Waals surface area (Å²) in [6, 6.07) is 21.3. The first-order chi connectivity index (χ1) is 10.9. The number of rotatable bonds is 6. The van der Waals surface area contributed by atoms with Gasteiger partial charge in [0.2, 0.25) is 0 Å². The standard InChI is InChI=1S/C18H16N2Se2/c1-3-11-19-17(5-1)21-13-15-7-9-16(10-8-15)14-22-18-6-2-4-12-20-18/h1-12H,13-14H2. The maximum atomic E-state index is 4.40. The summed E-state index contributed by atoms with van der Waals surface area (Å²) < 4.78 is 2.44. The van der Waals surface area contributed by atoms with Gasteiger partial charge in [-0.15, -0.1) is 0 Å². The number of nitrogens with zero attached hydrogens (tertiary/aromatic N) is 2. The Bertz CT molecular complexity index is 623. The first-order valence-electron chi connectivity index (χ1n) is 7.06. The summed E-state index contributed by atoms with van der Waals surface area (Å²) in [5.74, 6) is 0. The van der Waals surface area contributed by atoms with E-state index in [4.69, 9.17) is 0 Å². The molecule has 0 aliphatic carbocycles. The molecule has 2 heterocycles. The van der Waals surface area contributed by atoms with Gasteiger partial charge in [0.1, 0.15) is 0 Å². The van der Waals surface area contributed by atoms with E-state index >= 15 is 0 Å². The Balaban J connectivity index is 1.52. The Morgan fingerprint density at radius 2 is 1.05 bits per heavy atom. The summed E-state index contributed by atoms with van der Waals surface area (Å²) in [6.45, 7) is 0. The first-order valence-corrected chi connectivity index (χ1v) is 11.2. The molecule has 1 aromatic carbocycles. The Hall–Kier alpha value is -1.44. The summed E-state index contributed by atoms with van der Waals surface area (Å²) in [5, 5.41) is 2.21. The van der Waals surface area contributed by atoms with E-state index in [-0.39, 0.29) is 0 Å². The zero-order valence-corrected chi connectivity index (χ0v) is 15.5. The second-order valence-corrected chi connectivity index (χ2v) is 8.91. The van der Waals surface area contributed by atoms with E-state index in [0.717, 1.165) is 10.6 Å². The molecule has 110 valence electrons. The van der Waals surface area contributed by atoms with Crippen LogP contribution >= 0.6 is 0 Å². The van der Waals surface area contributed by atoms with Crippen molar-refractivity contribution in [3.05, 3.63) is 84.2 Å². The molecule has 4 heteroatoms. The van der Waals surface area contributed by atoms with Crippen molar-refractivity contribution in [2.24, 2.45) is 0 Å². The molecular weight excluding hydrogens is 402 g/mol. The molecule has 0 saturated carbocycles. The van der Waals surface area contributed by atoms with E-state index in [2.05, 4.69) is 58.5 Å². The minimum absolute atomic E-state index is 0.417. The van der Waals surface area contributed by atoms with Crippen LogP contribution in [0.2, 0.25) is 0 Å². The van der Waals surface area contributed by atoms with E-state index in [9.17, 15) is 0 Å². The van der Waals surface area contributed by atoms with Crippen molar-refractivity contribution < 1.29 is 0 Å². The molecule has 2 aromatic heterocycles. The summed E-state index contributed by atoms with van der Waals surface area (Å²) in [5.41, 5.74) is 2.81. The van der Waals surface area contributed by atoms with Gasteiger partial charge in [-0.1, -0.05) is 0 Å². The Morgan fingerprint density at radius 3 is 1.41 bits per heavy atom. The van der Waals surface area contributed by atoms with E-state index in [1.165, 1.54) is 20.3 Å². The van der Waals surface area contributed by atoms with Gasteiger partial charge in [0.05, 0.1) is 0 Å². The molecule has 3 aromatic rings. The molecule has 0 unspecified atom stereocenters. The van der Waals surface area contributed by atoms with Gasteiger partial charge >= 0.3 is 144 Å². The molecule has 0 aliphatic rings. The molecule has 0 radical (unpaired) electrons. The van der Waals surface area contributed by atoms with Crippen LogP contribution in [0.15, 0.2) is 73.1 Å². The van der Waals surface area contributed by atoms with Gasteiger partial charge in [0.25, 0.3) is 0 Å². The Labute approximate surface area is 143 Å². The molecule has 0 amide bonds. The molecule has 22 heavy (non-hydrogen) atoms. The predicted molar refractivity (Wildman–Crippen MR) is 93.1 cm³/mol. The normalized spacial score (nSPS) is 10.5. The fourth-order valence-electron chi connectivity index (χ4n) is 1.91. The second kappa shape index (κ2) is 8.26. The van der Waals surface area contributed by atoms with Gasteiger partial charge in [-0.3, -0.25) is 0 Å². The van der Waals surface area contributed by atoms with Crippen molar-refractivity contribution >= 4 is 39.1 Å². The average Bonchev–Trinajstić information content (AvgIpc) is 2.61. The molecule has 0 N–H and O–H groups in total. The Morgan fingerprint density at radius 1 is 0.591 bits per heavy atom. The second-order valence-electron chi connectivity index (χ2n) is 4.73. The van der Waals surface area contributed by atoms with Crippen LogP contribution in [-0.2, 0) is 10.6 Å². The maximum absolute atomic E-state index is 4.40. The van der Waals surface area contributed by atoms with Crippen molar-refractivity contribution in [3.8, 4) is 0 Å². The fourth-order valence-corrected chi connectivity index (χ4v) is 5.34. The molecule has 0 bridgehead atoms. The average molecular weight is 418 g/mol. The minimum atomic E-state index is 0.417. The third-order valence-corrected chi connectivity index (χ3v) is 7.33. The van der Waals surface area contributed by atoms with Crippen molar-refractivity contribution in [1.29, 1.82) is 0 Å². The summed E-state index contributed by atoms with van der Waals surface area (Å²) in [7, 11) is 0. The molecule has 0 spiro atoms. The van der Waals surface area contributed by atoms with Crippen LogP contribution in [0.4, 0.5) is 0 Å². The molecule has 2 nitrogen and oxygen atoms in total. The summed E-state index contributed by atoms with van der Waals surface area (Å²) in [4.78, 5) is 8.80. The first kappa shape index (κ1) is 15.5. The quantitative estimate of drug-likeness (QED) is 0.568. The number of hydrogen-bond acceptors (Lipinski definition) is 2. The molecular formula is C18H16N2Se2. The van der Waals surface area contributed by atoms with Crippen LogP contribution in [0.25, 0.3) is 0 Å². The molecule has 0 aliphatic heterocycles. The van der Waals surface area contributed by atoms with Crippen molar-refractivity contribution in [2.75, 3.05) is 0 Å². The fraction of sp³-hybridized carbons (Fsp3) is 0.111. The van der Waals surface area contributed by atoms with E-state index in [1.54, 1.807) is 0 Å².